The Morgan fingerprint density at radius 2 is 0.870 bits per heavy atom. The molecule has 0 fully saturated rings. The maximum Gasteiger partial charge on any atom is 0.658 e. The Bertz CT molecular complexity index is 559. The lowest BCUT2D eigenvalue weighted by Crippen LogP contribution is -2.13. The summed E-state index contributed by atoms with van der Waals surface area (Å²) in [6.45, 7) is 13.2. The lowest BCUT2D eigenvalue weighted by Gasteiger charge is -2.19. The molecule has 0 aliphatic rings. The fourth-order valence-corrected chi connectivity index (χ4v) is 2.20. The van der Waals surface area contributed by atoms with E-state index < -0.39 is 0 Å². The van der Waals surface area contributed by atoms with Gasteiger partial charge in [0, 0.05) is 0 Å². The monoisotopic (exact) mass is 309 g/mol. The Balaban J connectivity index is 1.87. The summed E-state index contributed by atoms with van der Waals surface area (Å²) < 4.78 is 11.1. The first-order valence-electron chi connectivity index (χ1n) is 8.02. The summed E-state index contributed by atoms with van der Waals surface area (Å²) in [5.74, 6) is 1.54. The van der Waals surface area contributed by atoms with E-state index in [9.17, 15) is 0 Å². The number of rotatable bonds is 4. The molecule has 3 heteroatoms. The van der Waals surface area contributed by atoms with Crippen LogP contribution in [0.5, 0.6) is 11.5 Å². The van der Waals surface area contributed by atoms with Gasteiger partial charge in [0.05, 0.1) is 0 Å². The SMILES string of the molecule is CC(C)(C)c1ccc(O[B]Oc2ccc(C(C)(C)C)cc2)cc1. The van der Waals surface area contributed by atoms with Crippen molar-refractivity contribution in [2.75, 3.05) is 0 Å². The summed E-state index contributed by atoms with van der Waals surface area (Å²) in [6.07, 6.45) is 0. The van der Waals surface area contributed by atoms with Gasteiger partial charge in [0.15, 0.2) is 0 Å². The van der Waals surface area contributed by atoms with Crippen molar-refractivity contribution < 1.29 is 9.31 Å². The first kappa shape index (κ1) is 17.5. The van der Waals surface area contributed by atoms with Crippen molar-refractivity contribution in [2.24, 2.45) is 0 Å². The molecule has 1 radical (unpaired) electrons. The lowest BCUT2D eigenvalue weighted by atomic mass is 9.87. The molecule has 0 saturated heterocycles. The molecule has 0 aliphatic carbocycles. The highest BCUT2D eigenvalue weighted by molar-refractivity contribution is 6.20. The van der Waals surface area contributed by atoms with Gasteiger partial charge in [0.1, 0.15) is 11.5 Å². The minimum absolute atomic E-state index is 0.146. The molecule has 0 aromatic heterocycles. The van der Waals surface area contributed by atoms with Gasteiger partial charge < -0.3 is 9.31 Å². The van der Waals surface area contributed by atoms with E-state index in [1.807, 2.05) is 24.3 Å². The van der Waals surface area contributed by atoms with Crippen molar-refractivity contribution in [2.45, 2.75) is 52.4 Å². The van der Waals surface area contributed by atoms with Crippen LogP contribution < -0.4 is 9.31 Å². The van der Waals surface area contributed by atoms with E-state index in [2.05, 4.69) is 65.8 Å². The van der Waals surface area contributed by atoms with Crippen LogP contribution in [-0.4, -0.2) is 7.69 Å². The summed E-state index contributed by atoms with van der Waals surface area (Å²) in [5, 5.41) is 0. The molecule has 0 N–H and O–H groups in total. The van der Waals surface area contributed by atoms with E-state index >= 15 is 0 Å². The normalized spacial score (nSPS) is 11.9. The minimum Gasteiger partial charge on any atom is -0.526 e. The summed E-state index contributed by atoms with van der Waals surface area (Å²) in [5.41, 5.74) is 2.85. The van der Waals surface area contributed by atoms with Gasteiger partial charge in [-0.2, -0.15) is 0 Å². The first-order valence-corrected chi connectivity index (χ1v) is 8.02. The Morgan fingerprint density at radius 3 is 1.13 bits per heavy atom. The zero-order valence-electron chi connectivity index (χ0n) is 15.0. The molecule has 2 aromatic rings. The second-order valence-corrected chi connectivity index (χ2v) is 7.88. The van der Waals surface area contributed by atoms with E-state index in [-0.39, 0.29) is 10.8 Å². The van der Waals surface area contributed by atoms with E-state index in [1.165, 1.54) is 18.8 Å². The van der Waals surface area contributed by atoms with Gasteiger partial charge in [-0.05, 0) is 46.2 Å². The Labute approximate surface area is 141 Å². The topological polar surface area (TPSA) is 18.5 Å². The second-order valence-electron chi connectivity index (χ2n) is 7.88. The van der Waals surface area contributed by atoms with Crippen molar-refractivity contribution >= 4 is 7.69 Å². The summed E-state index contributed by atoms with van der Waals surface area (Å²) in [4.78, 5) is 0. The second kappa shape index (κ2) is 6.70. The average molecular weight is 309 g/mol. The maximum absolute atomic E-state index is 5.53. The van der Waals surface area contributed by atoms with Crippen molar-refractivity contribution in [1.82, 2.24) is 0 Å². The predicted molar refractivity (Wildman–Crippen MR) is 97.3 cm³/mol. The third kappa shape index (κ3) is 5.06. The van der Waals surface area contributed by atoms with Crippen molar-refractivity contribution in [3.63, 3.8) is 0 Å². The fraction of sp³-hybridized carbons (Fsp3) is 0.400. The lowest BCUT2D eigenvalue weighted by molar-refractivity contribution is 0.458. The quantitative estimate of drug-likeness (QED) is 0.716. The highest BCUT2D eigenvalue weighted by Gasteiger charge is 2.14. The minimum atomic E-state index is 0.146. The fourth-order valence-electron chi connectivity index (χ4n) is 2.20. The molecule has 0 unspecified atom stereocenters. The Kier molecular flexibility index (Phi) is 5.08. The van der Waals surface area contributed by atoms with Gasteiger partial charge in [0.25, 0.3) is 0 Å². The predicted octanol–water partition coefficient (Wildman–Crippen LogP) is 5.27. The van der Waals surface area contributed by atoms with Crippen LogP contribution in [0.15, 0.2) is 48.5 Å². The van der Waals surface area contributed by atoms with Crippen LogP contribution >= 0.6 is 0 Å². The third-order valence-electron chi connectivity index (χ3n) is 3.81. The number of hydrogen-bond acceptors (Lipinski definition) is 2. The smallest absolute Gasteiger partial charge is 0.526 e. The van der Waals surface area contributed by atoms with Gasteiger partial charge in [-0.25, -0.2) is 0 Å². The van der Waals surface area contributed by atoms with Gasteiger partial charge in [-0.3, -0.25) is 0 Å². The summed E-state index contributed by atoms with van der Waals surface area (Å²) in [7, 11) is 1.37. The van der Waals surface area contributed by atoms with E-state index in [0.29, 0.717) is 0 Å². The van der Waals surface area contributed by atoms with Gasteiger partial charge in [-0.1, -0.05) is 65.8 Å². The highest BCUT2D eigenvalue weighted by atomic mass is 16.6. The molecule has 2 rings (SSSR count). The Morgan fingerprint density at radius 1 is 0.565 bits per heavy atom. The molecule has 23 heavy (non-hydrogen) atoms. The van der Waals surface area contributed by atoms with E-state index in [1.54, 1.807) is 0 Å². The van der Waals surface area contributed by atoms with Gasteiger partial charge >= 0.3 is 7.69 Å². The van der Waals surface area contributed by atoms with Crippen LogP contribution in [0.25, 0.3) is 0 Å². The molecule has 0 saturated carbocycles. The Hall–Kier alpha value is -1.90. The molecular formula is C20H26BO2. The molecule has 0 heterocycles. The zero-order chi connectivity index (χ0) is 17.1. The van der Waals surface area contributed by atoms with Crippen molar-refractivity contribution in [3.05, 3.63) is 59.7 Å². The van der Waals surface area contributed by atoms with Crippen LogP contribution in [-0.2, 0) is 10.8 Å². The van der Waals surface area contributed by atoms with E-state index in [4.69, 9.17) is 9.31 Å². The number of benzene rings is 2. The standard InChI is InChI=1S/C20H26BO2/c1-19(2,3)15-7-11-17(12-8-15)22-21-23-18-13-9-16(10-14-18)20(4,5)6/h7-14H,1-6H3. The van der Waals surface area contributed by atoms with Crippen LogP contribution in [0, 0.1) is 0 Å². The molecule has 121 valence electrons. The zero-order valence-corrected chi connectivity index (χ0v) is 15.0. The molecule has 0 atom stereocenters. The van der Waals surface area contributed by atoms with Gasteiger partial charge in [-0.15, -0.1) is 0 Å². The first-order chi connectivity index (χ1) is 10.7. The molecule has 2 nitrogen and oxygen atoms in total. The summed E-state index contributed by atoms with van der Waals surface area (Å²) in [6, 6.07) is 16.2. The van der Waals surface area contributed by atoms with Crippen LogP contribution in [0.1, 0.15) is 52.7 Å². The van der Waals surface area contributed by atoms with E-state index in [0.717, 1.165) is 11.5 Å². The van der Waals surface area contributed by atoms with Crippen molar-refractivity contribution in [1.29, 1.82) is 0 Å². The van der Waals surface area contributed by atoms with Crippen molar-refractivity contribution in [3.8, 4) is 11.5 Å². The summed E-state index contributed by atoms with van der Waals surface area (Å²) >= 11 is 0. The molecule has 0 aliphatic heterocycles. The third-order valence-corrected chi connectivity index (χ3v) is 3.81. The molecule has 0 amide bonds. The molecule has 2 aromatic carbocycles. The van der Waals surface area contributed by atoms with Crippen LogP contribution in [0.4, 0.5) is 0 Å². The molecule has 0 spiro atoms. The molecular weight excluding hydrogens is 283 g/mol. The number of hydrogen-bond donors (Lipinski definition) is 0. The van der Waals surface area contributed by atoms with Gasteiger partial charge in [0.2, 0.25) is 0 Å². The maximum atomic E-state index is 5.53. The molecule has 0 bridgehead atoms. The largest absolute Gasteiger partial charge is 0.658 e. The van der Waals surface area contributed by atoms with Crippen LogP contribution in [0.2, 0.25) is 0 Å². The van der Waals surface area contributed by atoms with Crippen LogP contribution in [0.3, 0.4) is 0 Å². The average Bonchev–Trinajstić information content (AvgIpc) is 2.46. The highest BCUT2D eigenvalue weighted by Crippen LogP contribution is 2.25.